The lowest BCUT2D eigenvalue weighted by molar-refractivity contribution is -0.139. The van der Waals surface area contributed by atoms with Crippen LogP contribution in [0.15, 0.2) is 24.3 Å². The van der Waals surface area contributed by atoms with Crippen LogP contribution in [0.5, 0.6) is 5.75 Å². The number of nitrogens with zero attached hydrogens (tertiary/aromatic N) is 1. The topological polar surface area (TPSA) is 61.8 Å². The van der Waals surface area contributed by atoms with Gasteiger partial charge < -0.3 is 20.1 Å². The van der Waals surface area contributed by atoms with Gasteiger partial charge in [0.15, 0.2) is 0 Å². The molecule has 0 heterocycles. The van der Waals surface area contributed by atoms with E-state index in [1.165, 1.54) is 43.0 Å². The number of rotatable bonds is 9. The van der Waals surface area contributed by atoms with Crippen LogP contribution in [0, 0.1) is 5.92 Å². The predicted molar refractivity (Wildman–Crippen MR) is 93.4 cm³/mol. The van der Waals surface area contributed by atoms with Crippen LogP contribution in [0.25, 0.3) is 0 Å². The third-order valence-corrected chi connectivity index (χ3v) is 3.94. The summed E-state index contributed by atoms with van der Waals surface area (Å²) in [5.41, 5.74) is -0.893. The Kier molecular flexibility index (Phi) is 8.66. The molecule has 2 N–H and O–H groups in total. The minimum Gasteiger partial charge on any atom is -0.490 e. The number of hydrogen-bond donors (Lipinski definition) is 2. The summed E-state index contributed by atoms with van der Waals surface area (Å²) in [6.07, 6.45) is -3.24. The molecular formula is C17H24ClF3N2O3. The van der Waals surface area contributed by atoms with Crippen LogP contribution in [-0.4, -0.2) is 55.3 Å². The van der Waals surface area contributed by atoms with Crippen molar-refractivity contribution in [2.24, 2.45) is 5.92 Å². The zero-order chi connectivity index (χ0) is 18.4. The Hall–Kier alpha value is -1.51. The Balaban J connectivity index is 0.00000338. The molecule has 0 spiro atoms. The molecule has 1 atom stereocenters. The number of aliphatic hydroxyl groups excluding tert-OH is 1. The number of hydrogen-bond acceptors (Lipinski definition) is 4. The second-order valence-electron chi connectivity index (χ2n) is 6.31. The Bertz CT molecular complexity index is 583. The number of nitrogens with one attached hydrogen (secondary N) is 1. The molecule has 1 aliphatic rings. The van der Waals surface area contributed by atoms with Crippen molar-refractivity contribution < 1.29 is 27.8 Å². The van der Waals surface area contributed by atoms with Gasteiger partial charge in [-0.05, 0) is 37.4 Å². The monoisotopic (exact) mass is 396 g/mol. The molecular weight excluding hydrogens is 373 g/mol. The highest BCUT2D eigenvalue weighted by atomic mass is 35.5. The van der Waals surface area contributed by atoms with Gasteiger partial charge in [0.2, 0.25) is 5.91 Å². The van der Waals surface area contributed by atoms with Crippen LogP contribution in [0.4, 0.5) is 13.2 Å². The minimum absolute atomic E-state index is 0. The number of aliphatic hydroxyl groups is 1. The molecule has 1 amide bonds. The van der Waals surface area contributed by atoms with Gasteiger partial charge in [-0.3, -0.25) is 4.79 Å². The lowest BCUT2D eigenvalue weighted by atomic mass is 10.2. The molecule has 0 radical (unpaired) electrons. The average Bonchev–Trinajstić information content (AvgIpc) is 3.36. The summed E-state index contributed by atoms with van der Waals surface area (Å²) in [6, 6.07) is 4.82. The van der Waals surface area contributed by atoms with E-state index in [-0.39, 0.29) is 43.8 Å². The van der Waals surface area contributed by atoms with Crippen LogP contribution in [0.2, 0.25) is 0 Å². The van der Waals surface area contributed by atoms with Gasteiger partial charge in [0, 0.05) is 13.6 Å². The second-order valence-corrected chi connectivity index (χ2v) is 6.31. The van der Waals surface area contributed by atoms with E-state index in [1.54, 1.807) is 0 Å². The fourth-order valence-electron chi connectivity index (χ4n) is 2.32. The molecule has 26 heavy (non-hydrogen) atoms. The van der Waals surface area contributed by atoms with Gasteiger partial charge in [-0.1, -0.05) is 12.1 Å². The van der Waals surface area contributed by atoms with Gasteiger partial charge in [0.25, 0.3) is 0 Å². The Morgan fingerprint density at radius 2 is 2.04 bits per heavy atom. The summed E-state index contributed by atoms with van der Waals surface area (Å²) in [5, 5.41) is 13.0. The Morgan fingerprint density at radius 1 is 1.38 bits per heavy atom. The van der Waals surface area contributed by atoms with Gasteiger partial charge in [-0.25, -0.2) is 0 Å². The highest BCUT2D eigenvalue weighted by Gasteiger charge is 2.34. The predicted octanol–water partition coefficient (Wildman–Crippen LogP) is 2.32. The number of benzene rings is 1. The van der Waals surface area contributed by atoms with E-state index in [1.807, 2.05) is 0 Å². The van der Waals surface area contributed by atoms with Gasteiger partial charge >= 0.3 is 6.18 Å². The number of likely N-dealkylation sites (N-methyl/N-ethyl adjacent to an activating group) is 1. The summed E-state index contributed by atoms with van der Waals surface area (Å²) in [6.45, 7) is 0.634. The Labute approximate surface area is 156 Å². The van der Waals surface area contributed by atoms with Crippen molar-refractivity contribution in [3.63, 3.8) is 0 Å². The molecule has 148 valence electrons. The second kappa shape index (κ2) is 9.99. The Morgan fingerprint density at radius 3 is 2.65 bits per heavy atom. The largest absolute Gasteiger partial charge is 0.490 e. The molecule has 1 aromatic carbocycles. The van der Waals surface area contributed by atoms with Crippen LogP contribution in [0.1, 0.15) is 18.4 Å². The molecule has 2 rings (SSSR count). The van der Waals surface area contributed by atoms with Crippen LogP contribution in [0.3, 0.4) is 0 Å². The van der Waals surface area contributed by atoms with Crippen molar-refractivity contribution in [3.05, 3.63) is 29.8 Å². The number of alkyl halides is 3. The van der Waals surface area contributed by atoms with E-state index < -0.39 is 17.8 Å². The van der Waals surface area contributed by atoms with Crippen LogP contribution < -0.4 is 10.1 Å². The summed E-state index contributed by atoms with van der Waals surface area (Å²) in [7, 11) is 1.54. The van der Waals surface area contributed by atoms with Crippen molar-refractivity contribution >= 4 is 18.3 Å². The van der Waals surface area contributed by atoms with Crippen LogP contribution >= 0.6 is 12.4 Å². The maximum absolute atomic E-state index is 12.9. The number of ether oxygens (including phenoxy) is 1. The summed E-state index contributed by atoms with van der Waals surface area (Å²) < 4.78 is 43.7. The SMILES string of the molecule is CN(CC(O)COc1ccccc1C(F)(F)F)C(=O)CNCC1CC1.Cl. The number of para-hydroxylation sites is 1. The highest BCUT2D eigenvalue weighted by molar-refractivity contribution is 5.85. The summed E-state index contributed by atoms with van der Waals surface area (Å²) >= 11 is 0. The van der Waals surface area contributed by atoms with E-state index in [9.17, 15) is 23.1 Å². The lowest BCUT2D eigenvalue weighted by Crippen LogP contribution is -2.41. The maximum atomic E-state index is 12.9. The zero-order valence-electron chi connectivity index (χ0n) is 14.5. The molecule has 0 saturated heterocycles. The first kappa shape index (κ1) is 22.5. The molecule has 1 aliphatic carbocycles. The van der Waals surface area contributed by atoms with Gasteiger partial charge in [0.05, 0.1) is 12.1 Å². The first-order valence-corrected chi connectivity index (χ1v) is 8.19. The van der Waals surface area contributed by atoms with E-state index in [2.05, 4.69) is 5.32 Å². The molecule has 1 saturated carbocycles. The van der Waals surface area contributed by atoms with Crippen molar-refractivity contribution in [2.75, 3.05) is 33.3 Å². The van der Waals surface area contributed by atoms with Crippen molar-refractivity contribution in [1.82, 2.24) is 10.2 Å². The number of carbonyl (C=O) groups excluding carboxylic acids is 1. The standard InChI is InChI=1S/C17H23F3N2O3.ClH/c1-22(16(24)9-21-8-12-6-7-12)10-13(23)11-25-15-5-3-2-4-14(15)17(18,19)20;/h2-5,12-13,21,23H,6-11H2,1H3;1H. The summed E-state index contributed by atoms with van der Waals surface area (Å²) in [5.74, 6) is 0.135. The van der Waals surface area contributed by atoms with Crippen molar-refractivity contribution in [3.8, 4) is 5.75 Å². The molecule has 1 aromatic rings. The maximum Gasteiger partial charge on any atom is 0.419 e. The van der Waals surface area contributed by atoms with Crippen molar-refractivity contribution in [2.45, 2.75) is 25.1 Å². The fourth-order valence-corrected chi connectivity index (χ4v) is 2.32. The molecule has 5 nitrogen and oxygen atoms in total. The van der Waals surface area contributed by atoms with E-state index in [0.717, 1.165) is 12.6 Å². The number of halogens is 4. The quantitative estimate of drug-likeness (QED) is 0.672. The highest BCUT2D eigenvalue weighted by Crippen LogP contribution is 2.35. The van der Waals surface area contributed by atoms with Gasteiger partial charge in [0.1, 0.15) is 18.5 Å². The minimum atomic E-state index is -4.53. The zero-order valence-corrected chi connectivity index (χ0v) is 15.3. The molecule has 9 heteroatoms. The first-order chi connectivity index (χ1) is 11.8. The fraction of sp³-hybridized carbons (Fsp3) is 0.588. The van der Waals surface area contributed by atoms with Crippen molar-refractivity contribution in [1.29, 1.82) is 0 Å². The third-order valence-electron chi connectivity index (χ3n) is 3.94. The van der Waals surface area contributed by atoms with E-state index in [4.69, 9.17) is 4.74 Å². The third kappa shape index (κ3) is 7.39. The first-order valence-electron chi connectivity index (χ1n) is 8.19. The van der Waals surface area contributed by atoms with Gasteiger partial charge in [-0.15, -0.1) is 12.4 Å². The molecule has 1 fully saturated rings. The van der Waals surface area contributed by atoms with Crippen LogP contribution in [-0.2, 0) is 11.0 Å². The molecule has 0 bridgehead atoms. The average molecular weight is 397 g/mol. The number of amides is 1. The smallest absolute Gasteiger partial charge is 0.419 e. The summed E-state index contributed by atoms with van der Waals surface area (Å²) in [4.78, 5) is 13.2. The number of carbonyl (C=O) groups is 1. The van der Waals surface area contributed by atoms with Gasteiger partial charge in [-0.2, -0.15) is 13.2 Å². The molecule has 1 unspecified atom stereocenters. The van der Waals surface area contributed by atoms with E-state index >= 15 is 0 Å². The lowest BCUT2D eigenvalue weighted by Gasteiger charge is -2.22. The van der Waals surface area contributed by atoms with E-state index in [0.29, 0.717) is 5.92 Å². The molecule has 0 aliphatic heterocycles. The molecule has 0 aromatic heterocycles. The normalized spacial score (nSPS) is 15.1.